The Morgan fingerprint density at radius 1 is 0.871 bits per heavy atom. The van der Waals surface area contributed by atoms with E-state index in [0.717, 1.165) is 20.8 Å². The van der Waals surface area contributed by atoms with Gasteiger partial charge in [0.1, 0.15) is 5.01 Å². The Morgan fingerprint density at radius 3 is 2.29 bits per heavy atom. The van der Waals surface area contributed by atoms with Crippen molar-refractivity contribution < 1.29 is 14.4 Å². The van der Waals surface area contributed by atoms with Gasteiger partial charge in [-0.25, -0.2) is 4.98 Å². The first-order chi connectivity index (χ1) is 15.1. The zero-order valence-corrected chi connectivity index (χ0v) is 17.2. The molecule has 4 aromatic rings. The van der Waals surface area contributed by atoms with Crippen molar-refractivity contribution in [2.75, 3.05) is 10.2 Å². The molecule has 0 radical (unpaired) electrons. The molecule has 1 aliphatic heterocycles. The summed E-state index contributed by atoms with van der Waals surface area (Å²) in [4.78, 5) is 42.5. The lowest BCUT2D eigenvalue weighted by molar-refractivity contribution is -0.121. The number of hydrogen-bond donors (Lipinski definition) is 1. The molecule has 0 saturated carbocycles. The smallest absolute Gasteiger partial charge is 0.255 e. The maximum absolute atomic E-state index is 12.9. The largest absolute Gasteiger partial charge is 0.321 e. The van der Waals surface area contributed by atoms with Gasteiger partial charge in [-0.1, -0.05) is 24.3 Å². The number of para-hydroxylation sites is 2. The molecular weight excluding hydrogens is 410 g/mol. The quantitative estimate of drug-likeness (QED) is 0.471. The van der Waals surface area contributed by atoms with E-state index >= 15 is 0 Å². The predicted octanol–water partition coefficient (Wildman–Crippen LogP) is 4.87. The maximum Gasteiger partial charge on any atom is 0.255 e. The van der Waals surface area contributed by atoms with Crippen LogP contribution in [0.4, 0.5) is 11.4 Å². The highest BCUT2D eigenvalue weighted by molar-refractivity contribution is 7.21. The van der Waals surface area contributed by atoms with E-state index in [4.69, 9.17) is 4.98 Å². The second-order valence-electron chi connectivity index (χ2n) is 7.16. The summed E-state index contributed by atoms with van der Waals surface area (Å²) in [6, 6.07) is 21.9. The van der Waals surface area contributed by atoms with Crippen molar-refractivity contribution in [1.82, 2.24) is 4.98 Å². The van der Waals surface area contributed by atoms with E-state index in [1.54, 1.807) is 35.6 Å². The van der Waals surface area contributed by atoms with Gasteiger partial charge in [-0.2, -0.15) is 0 Å². The molecule has 0 spiro atoms. The van der Waals surface area contributed by atoms with Crippen LogP contribution in [0.5, 0.6) is 0 Å². The summed E-state index contributed by atoms with van der Waals surface area (Å²) < 4.78 is 1.08. The van der Waals surface area contributed by atoms with Crippen molar-refractivity contribution in [3.05, 3.63) is 78.4 Å². The van der Waals surface area contributed by atoms with Crippen molar-refractivity contribution in [3.63, 3.8) is 0 Å². The Labute approximate surface area is 182 Å². The summed E-state index contributed by atoms with van der Waals surface area (Å²) >= 11 is 1.57. The number of nitrogens with one attached hydrogen (secondary N) is 1. The number of anilines is 2. The molecule has 6 nitrogen and oxygen atoms in total. The van der Waals surface area contributed by atoms with Gasteiger partial charge in [0.05, 0.1) is 21.6 Å². The molecule has 152 valence electrons. The molecule has 2 heterocycles. The number of aromatic nitrogens is 1. The van der Waals surface area contributed by atoms with Crippen molar-refractivity contribution in [2.24, 2.45) is 0 Å². The van der Waals surface area contributed by atoms with Crippen molar-refractivity contribution in [1.29, 1.82) is 0 Å². The SMILES string of the molecule is O=C(Nc1ccccc1-c1nc2ccccc2s1)c1ccc(N2C(=O)CCC2=O)cc1. The minimum Gasteiger partial charge on any atom is -0.321 e. The fraction of sp³-hybridized carbons (Fsp3) is 0.0833. The van der Waals surface area contributed by atoms with Crippen molar-refractivity contribution in [2.45, 2.75) is 12.8 Å². The van der Waals surface area contributed by atoms with E-state index in [-0.39, 0.29) is 30.6 Å². The third-order valence-electron chi connectivity index (χ3n) is 5.14. The Balaban J connectivity index is 1.40. The van der Waals surface area contributed by atoms with Gasteiger partial charge in [-0.05, 0) is 48.5 Å². The van der Waals surface area contributed by atoms with Gasteiger partial charge in [0.15, 0.2) is 0 Å². The Bertz CT molecular complexity index is 1280. The van der Waals surface area contributed by atoms with Gasteiger partial charge >= 0.3 is 0 Å². The van der Waals surface area contributed by atoms with E-state index in [1.165, 1.54) is 4.90 Å². The van der Waals surface area contributed by atoms with Crippen LogP contribution in [0, 0.1) is 0 Å². The molecule has 1 saturated heterocycles. The first-order valence-electron chi connectivity index (χ1n) is 9.82. The average Bonchev–Trinajstić information content (AvgIpc) is 3.37. The minimum absolute atomic E-state index is 0.216. The Kier molecular flexibility index (Phi) is 4.80. The number of carbonyl (C=O) groups excluding carboxylic acids is 3. The standard InChI is InChI=1S/C24H17N3O3S/c28-21-13-14-22(29)27(21)16-11-9-15(10-12-16)23(30)25-18-6-2-1-5-17(18)24-26-19-7-3-4-8-20(19)31-24/h1-12H,13-14H2,(H,25,30). The second-order valence-corrected chi connectivity index (χ2v) is 8.19. The summed E-state index contributed by atoms with van der Waals surface area (Å²) in [5.41, 5.74) is 3.36. The molecule has 1 aromatic heterocycles. The van der Waals surface area contributed by atoms with Gasteiger partial charge in [-0.3, -0.25) is 19.3 Å². The fourth-order valence-corrected chi connectivity index (χ4v) is 4.59. The van der Waals surface area contributed by atoms with Crippen LogP contribution in [-0.4, -0.2) is 22.7 Å². The third-order valence-corrected chi connectivity index (χ3v) is 6.21. The number of benzene rings is 3. The summed E-state index contributed by atoms with van der Waals surface area (Å²) in [6.07, 6.45) is 0.452. The monoisotopic (exact) mass is 427 g/mol. The molecular formula is C24H17N3O3S. The number of nitrogens with zero attached hydrogens (tertiary/aromatic N) is 2. The normalized spacial score (nSPS) is 13.7. The van der Waals surface area contributed by atoms with E-state index in [0.29, 0.717) is 16.9 Å². The number of amides is 3. The second kappa shape index (κ2) is 7.77. The van der Waals surface area contributed by atoms with Crippen LogP contribution >= 0.6 is 11.3 Å². The molecule has 0 aliphatic carbocycles. The van der Waals surface area contributed by atoms with Gasteiger partial charge in [0.25, 0.3) is 5.91 Å². The fourth-order valence-electron chi connectivity index (χ4n) is 3.59. The number of imide groups is 1. The highest BCUT2D eigenvalue weighted by atomic mass is 32.1. The van der Waals surface area contributed by atoms with E-state index in [1.807, 2.05) is 48.5 Å². The van der Waals surface area contributed by atoms with Gasteiger partial charge in [0.2, 0.25) is 11.8 Å². The molecule has 1 fully saturated rings. The van der Waals surface area contributed by atoms with Gasteiger partial charge < -0.3 is 5.32 Å². The lowest BCUT2D eigenvalue weighted by atomic mass is 10.1. The van der Waals surface area contributed by atoms with Gasteiger partial charge in [-0.15, -0.1) is 11.3 Å². The molecule has 3 aromatic carbocycles. The number of hydrogen-bond acceptors (Lipinski definition) is 5. The molecule has 3 amide bonds. The zero-order chi connectivity index (χ0) is 21.4. The van der Waals surface area contributed by atoms with Crippen LogP contribution < -0.4 is 10.2 Å². The van der Waals surface area contributed by atoms with Crippen LogP contribution in [0.3, 0.4) is 0 Å². The molecule has 0 unspecified atom stereocenters. The lowest BCUT2D eigenvalue weighted by Gasteiger charge is -2.14. The predicted molar refractivity (Wildman–Crippen MR) is 121 cm³/mol. The van der Waals surface area contributed by atoms with Crippen LogP contribution in [0.2, 0.25) is 0 Å². The van der Waals surface area contributed by atoms with Crippen LogP contribution in [0.25, 0.3) is 20.8 Å². The van der Waals surface area contributed by atoms with E-state index < -0.39 is 0 Å². The minimum atomic E-state index is -0.279. The Hall–Kier alpha value is -3.84. The number of carbonyl (C=O) groups is 3. The first-order valence-corrected chi connectivity index (χ1v) is 10.6. The topological polar surface area (TPSA) is 79.4 Å². The highest BCUT2D eigenvalue weighted by Crippen LogP contribution is 2.34. The summed E-state index contributed by atoms with van der Waals surface area (Å²) in [6.45, 7) is 0. The molecule has 0 bridgehead atoms. The summed E-state index contributed by atoms with van der Waals surface area (Å²) in [7, 11) is 0. The maximum atomic E-state index is 12.9. The third kappa shape index (κ3) is 3.60. The van der Waals surface area contributed by atoms with Crippen LogP contribution in [0.1, 0.15) is 23.2 Å². The van der Waals surface area contributed by atoms with Crippen molar-refractivity contribution >= 4 is 50.6 Å². The van der Waals surface area contributed by atoms with Crippen molar-refractivity contribution in [3.8, 4) is 10.6 Å². The first kappa shape index (κ1) is 19.1. The lowest BCUT2D eigenvalue weighted by Crippen LogP contribution is -2.28. The van der Waals surface area contributed by atoms with E-state index in [9.17, 15) is 14.4 Å². The highest BCUT2D eigenvalue weighted by Gasteiger charge is 2.30. The van der Waals surface area contributed by atoms with E-state index in [2.05, 4.69) is 5.32 Å². The summed E-state index contributed by atoms with van der Waals surface area (Å²) in [5.74, 6) is -0.710. The molecule has 1 N–H and O–H groups in total. The van der Waals surface area contributed by atoms with Crippen LogP contribution in [0.15, 0.2) is 72.8 Å². The molecule has 31 heavy (non-hydrogen) atoms. The molecule has 5 rings (SSSR count). The summed E-state index contributed by atoms with van der Waals surface area (Å²) in [5, 5.41) is 3.79. The number of thiazole rings is 1. The number of fused-ring (bicyclic) bond motifs is 1. The van der Waals surface area contributed by atoms with Crippen LogP contribution in [-0.2, 0) is 9.59 Å². The van der Waals surface area contributed by atoms with Gasteiger partial charge in [0, 0.05) is 24.0 Å². The Morgan fingerprint density at radius 2 is 1.55 bits per heavy atom. The molecule has 1 aliphatic rings. The molecule has 0 atom stereocenters. The zero-order valence-electron chi connectivity index (χ0n) is 16.4. The number of rotatable bonds is 4. The average molecular weight is 427 g/mol. The molecule has 7 heteroatoms.